The van der Waals surface area contributed by atoms with Crippen molar-refractivity contribution in [1.29, 1.82) is 0 Å². The predicted octanol–water partition coefficient (Wildman–Crippen LogP) is 3.95. The van der Waals surface area contributed by atoms with Crippen LogP contribution in [0.1, 0.15) is 12.5 Å². The molecule has 0 aromatic heterocycles. The van der Waals surface area contributed by atoms with Crippen molar-refractivity contribution in [3.8, 4) is 0 Å². The van der Waals surface area contributed by atoms with Gasteiger partial charge in [-0.1, -0.05) is 23.2 Å². The second-order valence-electron chi connectivity index (χ2n) is 5.82. The summed E-state index contributed by atoms with van der Waals surface area (Å²) < 4.78 is 0. The van der Waals surface area contributed by atoms with Crippen molar-refractivity contribution in [3.63, 3.8) is 0 Å². The first kappa shape index (κ1) is 17.6. The van der Waals surface area contributed by atoms with Crippen molar-refractivity contribution in [2.24, 2.45) is 0 Å². The van der Waals surface area contributed by atoms with Crippen LogP contribution in [0, 0.1) is 0 Å². The Morgan fingerprint density at radius 1 is 1.08 bits per heavy atom. The molecule has 2 amide bonds. The molecule has 3 rings (SSSR count). The van der Waals surface area contributed by atoms with Crippen LogP contribution in [0.5, 0.6) is 0 Å². The number of hydrogen-bond acceptors (Lipinski definition) is 3. The first-order chi connectivity index (χ1) is 11.9. The lowest BCUT2D eigenvalue weighted by molar-refractivity contribution is -0.116. The molecular formula is C18H17Cl2N3O2. The number of nitrogens with zero attached hydrogens (tertiary/aromatic N) is 1. The van der Waals surface area contributed by atoms with Gasteiger partial charge in [0.25, 0.3) is 0 Å². The van der Waals surface area contributed by atoms with Crippen molar-refractivity contribution in [3.05, 3.63) is 52.0 Å². The zero-order chi connectivity index (χ0) is 18.0. The van der Waals surface area contributed by atoms with Crippen LogP contribution in [0.3, 0.4) is 0 Å². The largest absolute Gasteiger partial charge is 0.376 e. The Morgan fingerprint density at radius 3 is 2.48 bits per heavy atom. The van der Waals surface area contributed by atoms with E-state index in [1.807, 2.05) is 12.1 Å². The van der Waals surface area contributed by atoms with E-state index in [4.69, 9.17) is 23.2 Å². The van der Waals surface area contributed by atoms with Gasteiger partial charge < -0.3 is 15.5 Å². The minimum atomic E-state index is -0.183. The average molecular weight is 378 g/mol. The van der Waals surface area contributed by atoms with Crippen LogP contribution in [0.2, 0.25) is 10.0 Å². The minimum Gasteiger partial charge on any atom is -0.376 e. The molecular weight excluding hydrogens is 361 g/mol. The highest BCUT2D eigenvalue weighted by atomic mass is 35.5. The fourth-order valence-corrected chi connectivity index (χ4v) is 3.38. The summed E-state index contributed by atoms with van der Waals surface area (Å²) in [6, 6.07) is 10.6. The fourth-order valence-electron chi connectivity index (χ4n) is 2.85. The highest BCUT2D eigenvalue weighted by molar-refractivity contribution is 6.35. The SMILES string of the molecule is CC(=O)N1CCc2cc(NC(=O)CNc3cc(Cl)cc(Cl)c3)ccc21. The predicted molar refractivity (Wildman–Crippen MR) is 102 cm³/mol. The number of amides is 2. The van der Waals surface area contributed by atoms with E-state index in [1.165, 1.54) is 0 Å². The van der Waals surface area contributed by atoms with Gasteiger partial charge in [0, 0.05) is 40.6 Å². The van der Waals surface area contributed by atoms with E-state index >= 15 is 0 Å². The van der Waals surface area contributed by atoms with Gasteiger partial charge in [-0.2, -0.15) is 0 Å². The lowest BCUT2D eigenvalue weighted by atomic mass is 10.1. The van der Waals surface area contributed by atoms with Crippen LogP contribution in [0.15, 0.2) is 36.4 Å². The maximum absolute atomic E-state index is 12.1. The van der Waals surface area contributed by atoms with E-state index in [0.717, 1.165) is 17.7 Å². The molecule has 130 valence electrons. The Kier molecular flexibility index (Phi) is 5.16. The van der Waals surface area contributed by atoms with Crippen LogP contribution >= 0.6 is 23.2 Å². The second-order valence-corrected chi connectivity index (χ2v) is 6.70. The lowest BCUT2D eigenvalue weighted by Gasteiger charge is -2.15. The summed E-state index contributed by atoms with van der Waals surface area (Å²) in [6.45, 7) is 2.32. The first-order valence-electron chi connectivity index (χ1n) is 7.83. The topological polar surface area (TPSA) is 61.4 Å². The van der Waals surface area contributed by atoms with Crippen molar-refractivity contribution < 1.29 is 9.59 Å². The molecule has 0 saturated heterocycles. The summed E-state index contributed by atoms with van der Waals surface area (Å²) in [7, 11) is 0. The smallest absolute Gasteiger partial charge is 0.243 e. The van der Waals surface area contributed by atoms with Gasteiger partial charge in [-0.05, 0) is 48.4 Å². The summed E-state index contributed by atoms with van der Waals surface area (Å²) in [4.78, 5) is 25.4. The maximum atomic E-state index is 12.1. The third-order valence-corrected chi connectivity index (χ3v) is 4.39. The number of fused-ring (bicyclic) bond motifs is 1. The van der Waals surface area contributed by atoms with Crippen molar-refractivity contribution >= 4 is 52.1 Å². The van der Waals surface area contributed by atoms with Crippen molar-refractivity contribution in [1.82, 2.24) is 0 Å². The van der Waals surface area contributed by atoms with Gasteiger partial charge >= 0.3 is 0 Å². The quantitative estimate of drug-likeness (QED) is 0.847. The van der Waals surface area contributed by atoms with Gasteiger partial charge in [-0.15, -0.1) is 0 Å². The molecule has 1 aliphatic rings. The molecule has 0 bridgehead atoms. The molecule has 0 radical (unpaired) electrons. The number of rotatable bonds is 4. The monoisotopic (exact) mass is 377 g/mol. The van der Waals surface area contributed by atoms with E-state index in [2.05, 4.69) is 10.6 Å². The number of anilines is 3. The molecule has 0 atom stereocenters. The van der Waals surface area contributed by atoms with Gasteiger partial charge in [-0.3, -0.25) is 9.59 Å². The second kappa shape index (κ2) is 7.33. The van der Waals surface area contributed by atoms with Crippen molar-refractivity contribution in [2.45, 2.75) is 13.3 Å². The molecule has 25 heavy (non-hydrogen) atoms. The van der Waals surface area contributed by atoms with Gasteiger partial charge in [-0.25, -0.2) is 0 Å². The maximum Gasteiger partial charge on any atom is 0.243 e. The van der Waals surface area contributed by atoms with Gasteiger partial charge in [0.05, 0.1) is 6.54 Å². The first-order valence-corrected chi connectivity index (χ1v) is 8.59. The number of benzene rings is 2. The van der Waals surface area contributed by atoms with E-state index in [9.17, 15) is 9.59 Å². The summed E-state index contributed by atoms with van der Waals surface area (Å²) in [5, 5.41) is 6.84. The standard InChI is InChI=1S/C18H17Cl2N3O2/c1-11(24)23-5-4-12-6-15(2-3-17(12)23)22-18(25)10-21-16-8-13(19)7-14(20)9-16/h2-3,6-9,21H,4-5,10H2,1H3,(H,22,25). The Morgan fingerprint density at radius 2 is 1.80 bits per heavy atom. The fraction of sp³-hybridized carbons (Fsp3) is 0.222. The summed E-state index contributed by atoms with van der Waals surface area (Å²) >= 11 is 11.9. The molecule has 7 heteroatoms. The minimum absolute atomic E-state index is 0.0277. The highest BCUT2D eigenvalue weighted by Gasteiger charge is 2.22. The van der Waals surface area contributed by atoms with Crippen LogP contribution in [0.25, 0.3) is 0 Å². The zero-order valence-electron chi connectivity index (χ0n) is 13.6. The van der Waals surface area contributed by atoms with Gasteiger partial charge in [0.15, 0.2) is 0 Å². The summed E-state index contributed by atoms with van der Waals surface area (Å²) in [5.41, 5.74) is 3.36. The third-order valence-electron chi connectivity index (χ3n) is 3.95. The number of carbonyl (C=O) groups is 2. The molecule has 0 saturated carbocycles. The molecule has 1 aliphatic heterocycles. The van der Waals surface area contributed by atoms with E-state index in [0.29, 0.717) is 28.0 Å². The van der Waals surface area contributed by atoms with E-state index in [1.54, 1.807) is 36.1 Å². The Hall–Kier alpha value is -2.24. The molecule has 0 spiro atoms. The van der Waals surface area contributed by atoms with Crippen LogP contribution in [0.4, 0.5) is 17.1 Å². The molecule has 2 N–H and O–H groups in total. The lowest BCUT2D eigenvalue weighted by Crippen LogP contribution is -2.25. The van der Waals surface area contributed by atoms with E-state index in [-0.39, 0.29) is 18.4 Å². The molecule has 5 nitrogen and oxygen atoms in total. The number of halogens is 2. The average Bonchev–Trinajstić information content (AvgIpc) is 2.95. The van der Waals surface area contributed by atoms with Crippen LogP contribution in [-0.4, -0.2) is 24.9 Å². The van der Waals surface area contributed by atoms with Gasteiger partial charge in [0.2, 0.25) is 11.8 Å². The molecule has 2 aromatic rings. The number of hydrogen-bond donors (Lipinski definition) is 2. The molecule has 1 heterocycles. The molecule has 0 unspecified atom stereocenters. The number of carbonyl (C=O) groups excluding carboxylic acids is 2. The van der Waals surface area contributed by atoms with Crippen LogP contribution < -0.4 is 15.5 Å². The zero-order valence-corrected chi connectivity index (χ0v) is 15.1. The van der Waals surface area contributed by atoms with Crippen LogP contribution in [-0.2, 0) is 16.0 Å². The summed E-state index contributed by atoms with van der Waals surface area (Å²) in [6.07, 6.45) is 0.790. The molecule has 0 fully saturated rings. The Bertz CT molecular complexity index is 819. The highest BCUT2D eigenvalue weighted by Crippen LogP contribution is 2.30. The Labute approximate surface area is 155 Å². The number of nitrogens with one attached hydrogen (secondary N) is 2. The molecule has 2 aromatic carbocycles. The van der Waals surface area contributed by atoms with Gasteiger partial charge in [0.1, 0.15) is 0 Å². The van der Waals surface area contributed by atoms with E-state index < -0.39 is 0 Å². The molecule has 0 aliphatic carbocycles. The Balaban J connectivity index is 1.61. The normalized spacial score (nSPS) is 12.7. The summed E-state index contributed by atoms with van der Waals surface area (Å²) in [5.74, 6) is -0.155. The third kappa shape index (κ3) is 4.24. The van der Waals surface area contributed by atoms with Crippen molar-refractivity contribution in [2.75, 3.05) is 28.6 Å².